The molecule has 0 aromatic rings. The average Bonchev–Trinajstić information content (AvgIpc) is 0.841. The first kappa shape index (κ1) is 117. The summed E-state index contributed by atoms with van der Waals surface area (Å²) in [5, 5.41) is 16.3. The lowest BCUT2D eigenvalue weighted by atomic mass is 9.81. The van der Waals surface area contributed by atoms with Crippen molar-refractivity contribution in [3.8, 4) is 0 Å². The second-order valence-electron chi connectivity index (χ2n) is 34.9. The van der Waals surface area contributed by atoms with Gasteiger partial charge in [0.05, 0.1) is 48.8 Å². The first-order chi connectivity index (χ1) is 54.7. The molecule has 0 spiro atoms. The molecule has 44 heteroatoms. The number of carbonyl (C=O) groups is 15. The van der Waals surface area contributed by atoms with Crippen LogP contribution < -0.4 is 37.6 Å². The van der Waals surface area contributed by atoms with Gasteiger partial charge in [0, 0.05) is 69.5 Å². The molecule has 0 saturated heterocycles. The van der Waals surface area contributed by atoms with Crippen LogP contribution in [0.1, 0.15) is 171 Å². The Hall–Kier alpha value is -3.83. The molecule has 6 amide bonds. The highest BCUT2D eigenvalue weighted by Gasteiger charge is 2.46. The molecule has 0 aliphatic rings. The number of amides is 6. The third kappa shape index (κ3) is 51.1. The summed E-state index contributed by atoms with van der Waals surface area (Å²) in [6.45, 7) is 22.9. The molecule has 0 aromatic carbocycles. The lowest BCUT2D eigenvalue weighted by Crippen LogP contribution is -2.53. The van der Waals surface area contributed by atoms with Crippen molar-refractivity contribution in [3.63, 3.8) is 0 Å². The lowest BCUT2D eigenvalue weighted by Gasteiger charge is -2.37. The zero-order chi connectivity index (χ0) is 94.1. The van der Waals surface area contributed by atoms with E-state index in [9.17, 15) is 71.9 Å². The normalized spacial score (nSPS) is 13.2. The standard InChI is InChI=1S/C77H124Br9N7O28/c1-48(112-35-64(2,3)87)28-74(32-91-49(94)22-25-88-52(97)29-109-36-75(39-113-55(100)65(4,5)78,40-114-56(101)66(6,7)79)41-115-57(102)67(8,9)80,33-92-50(95)23-26-89-53(98)30-110-37-76(42-116-58(103)68(10,11)81,43-117-59(104)69(12,13)82)44-118-60(105)70(14,15)83)34-93-51(96)24-27-90-54(99)31-111-38-77(45-119-61(106)71(16,17)84,46-120-62(107)72(18,19)85)47-121-63(108)73(20,21)86/h48H,22-47,87H2,1-21H3,(H,88,97)(H,89,98)(H,90,99)(H,91,94)(H,92,95)(H,93,96). The minimum atomic E-state index is -1.58. The topological polar surface area (TPSA) is 474 Å². The molecule has 1 atom stereocenters. The van der Waals surface area contributed by atoms with E-state index in [2.05, 4.69) is 175 Å². The molecule has 0 fully saturated rings. The summed E-state index contributed by atoms with van der Waals surface area (Å²) in [5.41, 5.74) is -0.603. The maximum absolute atomic E-state index is 14.0. The Labute approximate surface area is 785 Å². The zero-order valence-electron chi connectivity index (χ0n) is 72.9. The molecule has 0 saturated carbocycles. The molecule has 0 aliphatic heterocycles. The fraction of sp³-hybridized carbons (Fsp3) is 0.805. The molecule has 1 unspecified atom stereocenters. The van der Waals surface area contributed by atoms with Crippen LogP contribution >= 0.6 is 143 Å². The smallest absolute Gasteiger partial charge is 0.322 e. The Morgan fingerprint density at radius 1 is 0.256 bits per heavy atom. The van der Waals surface area contributed by atoms with Crippen LogP contribution in [0.3, 0.4) is 0 Å². The molecule has 121 heavy (non-hydrogen) atoms. The Morgan fingerprint density at radius 3 is 0.587 bits per heavy atom. The minimum Gasteiger partial charge on any atom is -0.464 e. The van der Waals surface area contributed by atoms with Gasteiger partial charge >= 0.3 is 53.7 Å². The second-order valence-corrected chi connectivity index (χ2v) is 52.7. The number of nitrogens with two attached hydrogens (primary N) is 1. The van der Waals surface area contributed by atoms with Crippen LogP contribution in [0.5, 0.6) is 0 Å². The molecule has 0 bridgehead atoms. The molecule has 35 nitrogen and oxygen atoms in total. The number of carbonyl (C=O) groups excluding carboxylic acids is 15. The van der Waals surface area contributed by atoms with Gasteiger partial charge in [-0.15, -0.1) is 0 Å². The van der Waals surface area contributed by atoms with Gasteiger partial charge in [0.2, 0.25) is 35.4 Å². The second kappa shape index (κ2) is 51.4. The number of hydrogen-bond acceptors (Lipinski definition) is 29. The van der Waals surface area contributed by atoms with E-state index in [1.54, 1.807) is 20.8 Å². The fourth-order valence-corrected chi connectivity index (χ4v) is 10.0. The van der Waals surface area contributed by atoms with Crippen molar-refractivity contribution in [1.29, 1.82) is 0 Å². The largest absolute Gasteiger partial charge is 0.464 e. The van der Waals surface area contributed by atoms with Crippen molar-refractivity contribution >= 4 is 233 Å². The van der Waals surface area contributed by atoms with E-state index in [-0.39, 0.29) is 71.6 Å². The number of hydrogen-bond donors (Lipinski definition) is 7. The van der Waals surface area contributed by atoms with Crippen LogP contribution in [0, 0.1) is 21.7 Å². The highest BCUT2D eigenvalue weighted by Crippen LogP contribution is 2.33. The van der Waals surface area contributed by atoms with E-state index >= 15 is 0 Å². The summed E-state index contributed by atoms with van der Waals surface area (Å²) in [6, 6.07) is 0. The molecule has 698 valence electrons. The molecular weight excluding hydrogens is 2190 g/mol. The monoisotopic (exact) mass is 2310 g/mol. The first-order valence-electron chi connectivity index (χ1n) is 38.2. The summed E-state index contributed by atoms with van der Waals surface area (Å²) < 4.78 is 63.7. The van der Waals surface area contributed by atoms with Gasteiger partial charge in [0.25, 0.3) is 0 Å². The number of alkyl halides is 9. The summed E-state index contributed by atoms with van der Waals surface area (Å²) >= 11 is 29.3. The van der Waals surface area contributed by atoms with E-state index < -0.39 is 260 Å². The average molecular weight is 2310 g/mol. The number of halogens is 9. The van der Waals surface area contributed by atoms with Gasteiger partial charge in [0.1, 0.15) is 118 Å². The molecule has 0 aliphatic carbocycles. The summed E-state index contributed by atoms with van der Waals surface area (Å²) in [6.07, 6.45) is -1.78. The van der Waals surface area contributed by atoms with E-state index in [0.29, 0.717) is 0 Å². The lowest BCUT2D eigenvalue weighted by molar-refractivity contribution is -0.172. The van der Waals surface area contributed by atoms with Crippen molar-refractivity contribution in [1.82, 2.24) is 31.9 Å². The Kier molecular flexibility index (Phi) is 49.8. The third-order valence-electron chi connectivity index (χ3n) is 16.3. The molecular formula is C77H124Br9N7O28. The van der Waals surface area contributed by atoms with Crippen molar-refractivity contribution in [2.45, 2.75) is 222 Å². The van der Waals surface area contributed by atoms with Crippen LogP contribution in [0.2, 0.25) is 0 Å². The molecule has 0 rings (SSSR count). The molecule has 8 N–H and O–H groups in total. The maximum Gasteiger partial charge on any atom is 0.322 e. The van der Waals surface area contributed by atoms with Crippen LogP contribution in [-0.2, 0) is 133 Å². The number of nitrogens with one attached hydrogen (secondary N) is 6. The highest BCUT2D eigenvalue weighted by atomic mass is 79.9. The first-order valence-corrected chi connectivity index (χ1v) is 45.4. The van der Waals surface area contributed by atoms with Crippen molar-refractivity contribution in [3.05, 3.63) is 0 Å². The molecule has 0 radical (unpaired) electrons. The van der Waals surface area contributed by atoms with Gasteiger partial charge in [-0.3, -0.25) is 71.9 Å². The number of rotatable bonds is 59. The van der Waals surface area contributed by atoms with E-state index in [1.165, 1.54) is 125 Å². The van der Waals surface area contributed by atoms with Crippen LogP contribution in [0.25, 0.3) is 0 Å². The molecule has 0 aromatic heterocycles. The van der Waals surface area contributed by atoms with Crippen LogP contribution in [0.4, 0.5) is 0 Å². The van der Waals surface area contributed by atoms with E-state index in [1.807, 2.05) is 0 Å². The van der Waals surface area contributed by atoms with Crippen LogP contribution in [0.15, 0.2) is 0 Å². The quantitative estimate of drug-likeness (QED) is 0.0173. The maximum atomic E-state index is 14.0. The minimum absolute atomic E-state index is 0.00172. The Bertz CT molecular complexity index is 2920. The SMILES string of the molecule is CC(CC(CNC(=O)CCNC(=O)COCC(COC(=O)C(C)(C)Br)(COC(=O)C(C)(C)Br)COC(=O)C(C)(C)Br)(CNC(=O)CCNC(=O)COCC(COC(=O)C(C)(C)Br)(COC(=O)C(C)(C)Br)COC(=O)C(C)(C)Br)CNC(=O)CCNC(=O)COCC(COC(=O)C(C)(C)Br)(COC(=O)C(C)(C)Br)COC(=O)C(C)(C)Br)OCC(C)(C)N. The van der Waals surface area contributed by atoms with E-state index in [4.69, 9.17) is 67.3 Å². The van der Waals surface area contributed by atoms with Gasteiger partial charge in [-0.25, -0.2) is 0 Å². The summed E-state index contributed by atoms with van der Waals surface area (Å²) in [7, 11) is 0. The van der Waals surface area contributed by atoms with Gasteiger partial charge in [0.15, 0.2) is 0 Å². The van der Waals surface area contributed by atoms with Crippen molar-refractivity contribution in [2.24, 2.45) is 27.4 Å². The summed E-state index contributed by atoms with van der Waals surface area (Å²) in [4.78, 5) is 200. The van der Waals surface area contributed by atoms with Crippen molar-refractivity contribution in [2.75, 3.05) is 145 Å². The van der Waals surface area contributed by atoms with Gasteiger partial charge in [-0.1, -0.05) is 143 Å². The number of ether oxygens (including phenoxy) is 13. The predicted octanol–water partition coefficient (Wildman–Crippen LogP) is 7.83. The van der Waals surface area contributed by atoms with Crippen LogP contribution in [-0.4, -0.2) is 285 Å². The number of esters is 9. The highest BCUT2D eigenvalue weighted by molar-refractivity contribution is 9.11. The van der Waals surface area contributed by atoms with Gasteiger partial charge < -0.3 is 99.2 Å². The Morgan fingerprint density at radius 2 is 0.430 bits per heavy atom. The van der Waals surface area contributed by atoms with E-state index in [0.717, 1.165) is 0 Å². The van der Waals surface area contributed by atoms with Crippen molar-refractivity contribution < 1.29 is 133 Å². The van der Waals surface area contributed by atoms with Gasteiger partial charge in [-0.2, -0.15) is 0 Å². The molecule has 0 heterocycles. The van der Waals surface area contributed by atoms with Gasteiger partial charge in [-0.05, 0) is 152 Å². The fourth-order valence-electron chi connectivity index (χ4n) is 9.00. The predicted molar refractivity (Wildman–Crippen MR) is 478 cm³/mol. The zero-order valence-corrected chi connectivity index (χ0v) is 87.1. The Balaban J connectivity index is 7.35. The summed E-state index contributed by atoms with van der Waals surface area (Å²) in [5.74, 6) is -10.7. The third-order valence-corrected chi connectivity index (χ3v) is 19.3.